The second kappa shape index (κ2) is 5.18. The first kappa shape index (κ1) is 12.8. The summed E-state index contributed by atoms with van der Waals surface area (Å²) in [5.41, 5.74) is 10.7. The first-order chi connectivity index (χ1) is 7.45. The highest BCUT2D eigenvalue weighted by Gasteiger charge is 2.14. The average Bonchev–Trinajstić information content (AvgIpc) is 2.21. The minimum absolute atomic E-state index is 0.0194. The molecule has 6 heteroatoms. The summed E-state index contributed by atoms with van der Waals surface area (Å²) in [5, 5.41) is 8.69. The number of amides is 1. The molecule has 0 saturated carbocycles. The first-order valence-electron chi connectivity index (χ1n) is 4.62. The van der Waals surface area contributed by atoms with E-state index in [0.717, 1.165) is 17.8 Å². The number of nitrogen functional groups attached to an aromatic ring is 1. The summed E-state index contributed by atoms with van der Waals surface area (Å²) in [4.78, 5) is 11.3. The molecular formula is C10H13FN2O2S. The van der Waals surface area contributed by atoms with Gasteiger partial charge in [-0.3, -0.25) is 4.79 Å². The molecule has 0 saturated heterocycles. The molecule has 1 amide bonds. The summed E-state index contributed by atoms with van der Waals surface area (Å²) < 4.78 is 13.5. The lowest BCUT2D eigenvalue weighted by Gasteiger charge is -2.10. The second-order valence-corrected chi connectivity index (χ2v) is 4.83. The molecule has 1 aromatic rings. The maximum absolute atomic E-state index is 13.5. The van der Waals surface area contributed by atoms with Crippen LogP contribution in [-0.2, 0) is 0 Å². The molecule has 0 aliphatic carbocycles. The zero-order valence-electron chi connectivity index (χ0n) is 8.74. The average molecular weight is 244 g/mol. The van der Waals surface area contributed by atoms with Gasteiger partial charge < -0.3 is 16.6 Å². The Balaban J connectivity index is 3.09. The first-order valence-corrected chi connectivity index (χ1v) is 5.50. The molecule has 5 N–H and O–H groups in total. The van der Waals surface area contributed by atoms with E-state index in [4.69, 9.17) is 16.6 Å². The number of primary amides is 1. The molecule has 1 atom stereocenters. The van der Waals surface area contributed by atoms with Gasteiger partial charge in [0, 0.05) is 15.8 Å². The number of carbonyl (C=O) groups is 1. The van der Waals surface area contributed by atoms with Crippen molar-refractivity contribution in [3.8, 4) is 0 Å². The lowest BCUT2D eigenvalue weighted by molar-refractivity contribution is 0.100. The number of benzene rings is 1. The number of carbonyl (C=O) groups excluding carboxylic acids is 1. The molecule has 0 spiro atoms. The Bertz CT molecular complexity index is 412. The number of thioether (sulfide) groups is 1. The number of aliphatic hydroxyl groups excluding tert-OH is 1. The molecule has 0 fully saturated rings. The van der Waals surface area contributed by atoms with Crippen molar-refractivity contribution in [1.29, 1.82) is 0 Å². The molecule has 1 unspecified atom stereocenters. The van der Waals surface area contributed by atoms with Crippen LogP contribution in [0, 0.1) is 5.82 Å². The number of aliphatic hydroxyl groups is 1. The predicted octanol–water partition coefficient (Wildman–Crippen LogP) is 0.980. The van der Waals surface area contributed by atoms with Crippen LogP contribution < -0.4 is 11.5 Å². The van der Waals surface area contributed by atoms with Crippen molar-refractivity contribution in [3.63, 3.8) is 0 Å². The Labute approximate surface area is 96.8 Å². The maximum Gasteiger partial charge on any atom is 0.250 e. The predicted molar refractivity (Wildman–Crippen MR) is 61.7 cm³/mol. The van der Waals surface area contributed by atoms with Gasteiger partial charge in [0.25, 0.3) is 5.91 Å². The molecule has 0 aliphatic rings. The zero-order valence-corrected chi connectivity index (χ0v) is 9.55. The third kappa shape index (κ3) is 2.86. The fraction of sp³-hybridized carbons (Fsp3) is 0.300. The molecular weight excluding hydrogens is 231 g/mol. The lowest BCUT2D eigenvalue weighted by atomic mass is 10.1. The van der Waals surface area contributed by atoms with Crippen LogP contribution in [0.15, 0.2) is 17.0 Å². The van der Waals surface area contributed by atoms with Crippen LogP contribution in [0.3, 0.4) is 0 Å². The third-order valence-corrected chi connectivity index (χ3v) is 3.07. The Morgan fingerprint density at radius 1 is 1.62 bits per heavy atom. The van der Waals surface area contributed by atoms with E-state index < -0.39 is 11.7 Å². The van der Waals surface area contributed by atoms with Crippen LogP contribution in [0.4, 0.5) is 10.1 Å². The van der Waals surface area contributed by atoms with Crippen LogP contribution >= 0.6 is 11.8 Å². The van der Waals surface area contributed by atoms with Crippen molar-refractivity contribution in [2.24, 2.45) is 5.73 Å². The van der Waals surface area contributed by atoms with Gasteiger partial charge in [0.15, 0.2) is 0 Å². The number of halogens is 1. The molecule has 0 bridgehead atoms. The summed E-state index contributed by atoms with van der Waals surface area (Å²) in [6, 6.07) is 2.37. The third-order valence-electron chi connectivity index (χ3n) is 1.95. The molecule has 4 nitrogen and oxygen atoms in total. The largest absolute Gasteiger partial charge is 0.398 e. The van der Waals surface area contributed by atoms with Crippen molar-refractivity contribution in [3.05, 3.63) is 23.5 Å². The van der Waals surface area contributed by atoms with Gasteiger partial charge in [0.2, 0.25) is 0 Å². The molecule has 0 radical (unpaired) electrons. The van der Waals surface area contributed by atoms with Gasteiger partial charge >= 0.3 is 0 Å². The Morgan fingerprint density at radius 2 is 2.25 bits per heavy atom. The van der Waals surface area contributed by atoms with Gasteiger partial charge in [0.1, 0.15) is 5.82 Å². The fourth-order valence-corrected chi connectivity index (χ4v) is 1.99. The molecule has 1 aromatic carbocycles. The van der Waals surface area contributed by atoms with Gasteiger partial charge in [-0.15, -0.1) is 11.8 Å². The Kier molecular flexibility index (Phi) is 4.14. The molecule has 16 heavy (non-hydrogen) atoms. The summed E-state index contributed by atoms with van der Waals surface area (Å²) >= 11 is 1.12. The molecule has 0 heterocycles. The summed E-state index contributed by atoms with van der Waals surface area (Å²) in [5.74, 6) is -1.22. The number of hydrogen-bond acceptors (Lipinski definition) is 4. The smallest absolute Gasteiger partial charge is 0.250 e. The second-order valence-electron chi connectivity index (χ2n) is 3.35. The topological polar surface area (TPSA) is 89.3 Å². The van der Waals surface area contributed by atoms with Gasteiger partial charge in [-0.25, -0.2) is 4.39 Å². The molecule has 88 valence electrons. The van der Waals surface area contributed by atoms with Crippen molar-refractivity contribution in [1.82, 2.24) is 0 Å². The minimum atomic E-state index is -0.698. The normalized spacial score (nSPS) is 12.4. The highest BCUT2D eigenvalue weighted by Crippen LogP contribution is 2.29. The van der Waals surface area contributed by atoms with E-state index in [1.165, 1.54) is 6.07 Å². The van der Waals surface area contributed by atoms with E-state index in [-0.39, 0.29) is 28.0 Å². The van der Waals surface area contributed by atoms with E-state index in [1.54, 1.807) is 6.92 Å². The Hall–Kier alpha value is -1.27. The molecule has 1 rings (SSSR count). The van der Waals surface area contributed by atoms with Crippen molar-refractivity contribution < 1.29 is 14.3 Å². The number of hydrogen-bond donors (Lipinski definition) is 3. The zero-order chi connectivity index (χ0) is 12.3. The van der Waals surface area contributed by atoms with E-state index >= 15 is 0 Å². The minimum Gasteiger partial charge on any atom is -0.398 e. The van der Waals surface area contributed by atoms with Crippen LogP contribution in [0.2, 0.25) is 0 Å². The Morgan fingerprint density at radius 3 is 2.75 bits per heavy atom. The SMILES string of the molecule is CC(CO)Sc1cc(C(N)=O)c(N)cc1F. The highest BCUT2D eigenvalue weighted by molar-refractivity contribution is 8.00. The lowest BCUT2D eigenvalue weighted by Crippen LogP contribution is -2.14. The van der Waals surface area contributed by atoms with Crippen LogP contribution in [0.25, 0.3) is 0 Å². The van der Waals surface area contributed by atoms with Gasteiger partial charge in [-0.2, -0.15) is 0 Å². The summed E-state index contributed by atoms with van der Waals surface area (Å²) in [6.07, 6.45) is 0. The number of anilines is 1. The van der Waals surface area contributed by atoms with Gasteiger partial charge in [-0.1, -0.05) is 6.92 Å². The standard InChI is InChI=1S/C10H13FN2O2S/c1-5(4-14)16-9-2-6(10(13)15)8(12)3-7(9)11/h2-3,5,14H,4,12H2,1H3,(H2,13,15). The van der Waals surface area contributed by atoms with E-state index in [1.807, 2.05) is 0 Å². The van der Waals surface area contributed by atoms with Crippen molar-refractivity contribution in [2.45, 2.75) is 17.1 Å². The maximum atomic E-state index is 13.5. The molecule has 0 aromatic heterocycles. The summed E-state index contributed by atoms with van der Waals surface area (Å²) in [7, 11) is 0. The van der Waals surface area contributed by atoms with E-state index in [2.05, 4.69) is 0 Å². The quantitative estimate of drug-likeness (QED) is 0.544. The van der Waals surface area contributed by atoms with Crippen molar-refractivity contribution in [2.75, 3.05) is 12.3 Å². The van der Waals surface area contributed by atoms with Gasteiger partial charge in [0.05, 0.1) is 12.2 Å². The van der Waals surface area contributed by atoms with Crippen LogP contribution in [0.5, 0.6) is 0 Å². The summed E-state index contributed by atoms with van der Waals surface area (Å²) in [6.45, 7) is 1.66. The van der Waals surface area contributed by atoms with Crippen molar-refractivity contribution >= 4 is 23.4 Å². The van der Waals surface area contributed by atoms with E-state index in [0.29, 0.717) is 0 Å². The van der Waals surface area contributed by atoms with Gasteiger partial charge in [-0.05, 0) is 12.1 Å². The number of nitrogens with two attached hydrogens (primary N) is 2. The van der Waals surface area contributed by atoms with Crippen LogP contribution in [-0.4, -0.2) is 22.9 Å². The van der Waals surface area contributed by atoms with E-state index in [9.17, 15) is 9.18 Å². The fourth-order valence-electron chi connectivity index (χ4n) is 1.13. The van der Waals surface area contributed by atoms with Crippen LogP contribution in [0.1, 0.15) is 17.3 Å². The number of rotatable bonds is 4. The molecule has 0 aliphatic heterocycles. The monoisotopic (exact) mass is 244 g/mol. The highest BCUT2D eigenvalue weighted by atomic mass is 32.2.